The molecule has 0 aliphatic heterocycles. The maximum absolute atomic E-state index is 5.90. The van der Waals surface area contributed by atoms with Gasteiger partial charge in [0.2, 0.25) is 0 Å². The highest BCUT2D eigenvalue weighted by molar-refractivity contribution is 5.70. The van der Waals surface area contributed by atoms with E-state index in [9.17, 15) is 0 Å². The van der Waals surface area contributed by atoms with Gasteiger partial charge in [0.1, 0.15) is 0 Å². The number of nitrogens with two attached hydrogens (primary N) is 1. The lowest BCUT2D eigenvalue weighted by molar-refractivity contribution is 0.716. The van der Waals surface area contributed by atoms with Crippen LogP contribution in [0.4, 0.5) is 5.69 Å². The van der Waals surface area contributed by atoms with E-state index in [0.29, 0.717) is 0 Å². The van der Waals surface area contributed by atoms with Gasteiger partial charge in [-0.15, -0.1) is 0 Å². The molecule has 0 aromatic heterocycles. The van der Waals surface area contributed by atoms with E-state index in [4.69, 9.17) is 5.73 Å². The Morgan fingerprint density at radius 3 is 2.56 bits per heavy atom. The number of unbranched alkanes of at least 4 members (excludes halogenated alkanes) is 2. The maximum atomic E-state index is 5.90. The van der Waals surface area contributed by atoms with Crippen molar-refractivity contribution in [1.82, 2.24) is 0 Å². The Morgan fingerprint density at radius 2 is 2.00 bits per heavy atom. The molecule has 0 unspecified atom stereocenters. The minimum absolute atomic E-state index is 0.869. The van der Waals surface area contributed by atoms with Gasteiger partial charge < -0.3 is 5.73 Å². The van der Waals surface area contributed by atoms with Gasteiger partial charge in [-0.2, -0.15) is 0 Å². The molecule has 0 saturated carbocycles. The van der Waals surface area contributed by atoms with Crippen LogP contribution in [0.5, 0.6) is 0 Å². The summed E-state index contributed by atoms with van der Waals surface area (Å²) in [5, 5.41) is 0. The molecule has 0 spiro atoms. The van der Waals surface area contributed by atoms with Gasteiger partial charge in [-0.3, -0.25) is 0 Å². The lowest BCUT2D eigenvalue weighted by Crippen LogP contribution is -1.98. The molecule has 1 rings (SSSR count). The Labute approximate surface area is 99.4 Å². The predicted octanol–water partition coefficient (Wildman–Crippen LogP) is 4.34. The van der Waals surface area contributed by atoms with E-state index in [1.54, 1.807) is 0 Å². The fourth-order valence-corrected chi connectivity index (χ4v) is 2.26. The highest BCUT2D eigenvalue weighted by Gasteiger charge is 2.07. The number of allylic oxidation sites excluding steroid dienone is 1. The SMILES string of the molecule is C=C(C)c1c(C)cc(N)cc1CCCCC. The highest BCUT2D eigenvalue weighted by atomic mass is 14.5. The first-order valence-electron chi connectivity index (χ1n) is 6.11. The first kappa shape index (κ1) is 12.8. The predicted molar refractivity (Wildman–Crippen MR) is 73.5 cm³/mol. The van der Waals surface area contributed by atoms with Gasteiger partial charge in [0.05, 0.1) is 0 Å². The number of benzene rings is 1. The van der Waals surface area contributed by atoms with Crippen molar-refractivity contribution in [2.24, 2.45) is 0 Å². The number of rotatable bonds is 5. The van der Waals surface area contributed by atoms with E-state index >= 15 is 0 Å². The average molecular weight is 217 g/mol. The molecule has 0 amide bonds. The highest BCUT2D eigenvalue weighted by Crippen LogP contribution is 2.26. The Balaban J connectivity index is 2.99. The summed E-state index contributed by atoms with van der Waals surface area (Å²) in [6.45, 7) is 10.5. The van der Waals surface area contributed by atoms with Crippen molar-refractivity contribution in [3.63, 3.8) is 0 Å². The van der Waals surface area contributed by atoms with Gasteiger partial charge in [0.25, 0.3) is 0 Å². The van der Waals surface area contributed by atoms with Crippen molar-refractivity contribution in [3.05, 3.63) is 35.4 Å². The summed E-state index contributed by atoms with van der Waals surface area (Å²) in [6, 6.07) is 4.14. The van der Waals surface area contributed by atoms with Gasteiger partial charge in [-0.05, 0) is 55.5 Å². The van der Waals surface area contributed by atoms with Crippen molar-refractivity contribution in [1.29, 1.82) is 0 Å². The summed E-state index contributed by atoms with van der Waals surface area (Å²) in [5.74, 6) is 0. The molecule has 1 aromatic rings. The molecule has 0 radical (unpaired) electrons. The molecule has 16 heavy (non-hydrogen) atoms. The van der Waals surface area contributed by atoms with Crippen LogP contribution < -0.4 is 5.73 Å². The van der Waals surface area contributed by atoms with Crippen molar-refractivity contribution < 1.29 is 0 Å². The summed E-state index contributed by atoms with van der Waals surface area (Å²) in [5.41, 5.74) is 11.8. The topological polar surface area (TPSA) is 26.0 Å². The first-order chi connectivity index (χ1) is 7.56. The maximum Gasteiger partial charge on any atom is 0.0319 e. The average Bonchev–Trinajstić information content (AvgIpc) is 2.16. The largest absolute Gasteiger partial charge is 0.399 e. The Kier molecular flexibility index (Phi) is 4.60. The van der Waals surface area contributed by atoms with Crippen molar-refractivity contribution in [2.75, 3.05) is 5.73 Å². The summed E-state index contributed by atoms with van der Waals surface area (Å²) in [7, 11) is 0. The third kappa shape index (κ3) is 3.13. The van der Waals surface area contributed by atoms with Crippen LogP contribution in [0.1, 0.15) is 49.8 Å². The summed E-state index contributed by atoms with van der Waals surface area (Å²) >= 11 is 0. The van der Waals surface area contributed by atoms with Gasteiger partial charge in [0.15, 0.2) is 0 Å². The fraction of sp³-hybridized carbons (Fsp3) is 0.467. The molecule has 0 aliphatic carbocycles. The zero-order chi connectivity index (χ0) is 12.1. The van der Waals surface area contributed by atoms with Crippen LogP contribution in [0, 0.1) is 6.92 Å². The third-order valence-electron chi connectivity index (χ3n) is 2.92. The molecule has 1 nitrogen and oxygen atoms in total. The molecule has 88 valence electrons. The summed E-state index contributed by atoms with van der Waals surface area (Å²) in [6.07, 6.45) is 4.88. The van der Waals surface area contributed by atoms with Crippen LogP contribution in [-0.4, -0.2) is 0 Å². The third-order valence-corrected chi connectivity index (χ3v) is 2.92. The van der Waals surface area contributed by atoms with Crippen molar-refractivity contribution >= 4 is 11.3 Å². The Morgan fingerprint density at radius 1 is 1.31 bits per heavy atom. The van der Waals surface area contributed by atoms with Crippen LogP contribution in [0.2, 0.25) is 0 Å². The molecular formula is C15H23N. The lowest BCUT2D eigenvalue weighted by Gasteiger charge is -2.14. The Bertz CT molecular complexity index is 377. The molecule has 0 fully saturated rings. The second kappa shape index (κ2) is 5.74. The second-order valence-corrected chi connectivity index (χ2v) is 4.61. The molecule has 0 bridgehead atoms. The molecule has 2 N–H and O–H groups in total. The zero-order valence-corrected chi connectivity index (χ0v) is 10.8. The van der Waals surface area contributed by atoms with Crippen LogP contribution in [0.15, 0.2) is 18.7 Å². The monoisotopic (exact) mass is 217 g/mol. The molecule has 0 aliphatic rings. The molecule has 1 heteroatoms. The standard InChI is InChI=1S/C15H23N/c1-5-6-7-8-13-10-14(16)9-12(4)15(13)11(2)3/h9-10H,2,5-8,16H2,1,3-4H3. The van der Waals surface area contributed by atoms with Crippen molar-refractivity contribution in [3.8, 4) is 0 Å². The summed E-state index contributed by atoms with van der Waals surface area (Å²) in [4.78, 5) is 0. The van der Waals surface area contributed by atoms with Crippen molar-refractivity contribution in [2.45, 2.75) is 46.5 Å². The first-order valence-corrected chi connectivity index (χ1v) is 6.11. The Hall–Kier alpha value is -1.24. The molecule has 0 saturated heterocycles. The molecule has 0 atom stereocenters. The fourth-order valence-electron chi connectivity index (χ4n) is 2.26. The van der Waals surface area contributed by atoms with Gasteiger partial charge in [0, 0.05) is 5.69 Å². The van der Waals surface area contributed by atoms with Gasteiger partial charge >= 0.3 is 0 Å². The minimum Gasteiger partial charge on any atom is -0.399 e. The van der Waals surface area contributed by atoms with E-state index < -0.39 is 0 Å². The quantitative estimate of drug-likeness (QED) is 0.576. The lowest BCUT2D eigenvalue weighted by atomic mass is 9.92. The van der Waals surface area contributed by atoms with Gasteiger partial charge in [-0.1, -0.05) is 31.9 Å². The van der Waals surface area contributed by atoms with E-state index in [0.717, 1.165) is 17.7 Å². The molecule has 1 aromatic carbocycles. The number of anilines is 1. The van der Waals surface area contributed by atoms with Crippen LogP contribution >= 0.6 is 0 Å². The van der Waals surface area contributed by atoms with Crippen LogP contribution in [0.25, 0.3) is 5.57 Å². The number of aryl methyl sites for hydroxylation is 2. The smallest absolute Gasteiger partial charge is 0.0319 e. The molecular weight excluding hydrogens is 194 g/mol. The minimum atomic E-state index is 0.869. The normalized spacial score (nSPS) is 10.4. The van der Waals surface area contributed by atoms with E-state index in [1.807, 2.05) is 6.07 Å². The zero-order valence-electron chi connectivity index (χ0n) is 10.8. The number of hydrogen-bond acceptors (Lipinski definition) is 1. The van der Waals surface area contributed by atoms with Crippen LogP contribution in [-0.2, 0) is 6.42 Å². The van der Waals surface area contributed by atoms with E-state index in [-0.39, 0.29) is 0 Å². The van der Waals surface area contributed by atoms with Gasteiger partial charge in [-0.25, -0.2) is 0 Å². The molecule has 0 heterocycles. The second-order valence-electron chi connectivity index (χ2n) is 4.61. The number of hydrogen-bond donors (Lipinski definition) is 1. The number of nitrogen functional groups attached to an aromatic ring is 1. The van der Waals surface area contributed by atoms with E-state index in [2.05, 4.69) is 33.4 Å². The summed E-state index contributed by atoms with van der Waals surface area (Å²) < 4.78 is 0. The van der Waals surface area contributed by atoms with Crippen LogP contribution in [0.3, 0.4) is 0 Å². The van der Waals surface area contributed by atoms with E-state index in [1.165, 1.54) is 36.0 Å².